The van der Waals surface area contributed by atoms with Gasteiger partial charge in [0.1, 0.15) is 24.4 Å². The van der Waals surface area contributed by atoms with E-state index < -0.39 is 30.5 Å². The van der Waals surface area contributed by atoms with Crippen molar-refractivity contribution in [2.75, 3.05) is 26.4 Å². The molecule has 24 heavy (non-hydrogen) atoms. The predicted octanol–water partition coefficient (Wildman–Crippen LogP) is 0.0824. The molecule has 0 spiro atoms. The molecule has 0 aromatic carbocycles. The molecule has 7 heteroatoms. The molecular weight excluding hydrogens is 316 g/mol. The zero-order valence-corrected chi connectivity index (χ0v) is 15.3. The minimum absolute atomic E-state index is 0.0150. The first-order chi connectivity index (χ1) is 11.3. The number of aliphatic hydroxyl groups is 5. The Morgan fingerprint density at radius 1 is 1.08 bits per heavy atom. The second-order valence-electron chi connectivity index (χ2n) is 5.83. The van der Waals surface area contributed by atoms with Crippen LogP contribution in [0.15, 0.2) is 12.7 Å². The largest absolute Gasteiger partial charge is 0.394 e. The smallest absolute Gasteiger partial charge is 0.111 e. The third-order valence-corrected chi connectivity index (χ3v) is 3.06. The fraction of sp³-hybridized carbons (Fsp3) is 0.882. The Bertz CT molecular complexity index is 284. The summed E-state index contributed by atoms with van der Waals surface area (Å²) in [4.78, 5) is 0. The molecule has 0 aromatic rings. The van der Waals surface area contributed by atoms with Crippen molar-refractivity contribution in [3.05, 3.63) is 12.7 Å². The van der Waals surface area contributed by atoms with Crippen LogP contribution in [0.1, 0.15) is 34.1 Å². The van der Waals surface area contributed by atoms with Crippen molar-refractivity contribution in [3.63, 3.8) is 0 Å². The summed E-state index contributed by atoms with van der Waals surface area (Å²) in [7, 11) is 0. The van der Waals surface area contributed by atoms with Crippen LogP contribution in [0, 0.1) is 5.92 Å². The number of hydrogen-bond acceptors (Lipinski definition) is 7. The molecule has 5 N–H and O–H groups in total. The minimum atomic E-state index is -1.26. The molecule has 0 aliphatic carbocycles. The van der Waals surface area contributed by atoms with Crippen LogP contribution in [-0.4, -0.2) is 82.5 Å². The van der Waals surface area contributed by atoms with Crippen LogP contribution >= 0.6 is 0 Å². The van der Waals surface area contributed by atoms with Gasteiger partial charge in [-0.1, -0.05) is 40.2 Å². The predicted molar refractivity (Wildman–Crippen MR) is 92.7 cm³/mol. The number of hydrogen-bond donors (Lipinski definition) is 5. The fourth-order valence-electron chi connectivity index (χ4n) is 1.91. The van der Waals surface area contributed by atoms with Gasteiger partial charge in [-0.2, -0.15) is 0 Å². The van der Waals surface area contributed by atoms with E-state index in [9.17, 15) is 15.3 Å². The summed E-state index contributed by atoms with van der Waals surface area (Å²) in [5.41, 5.74) is 0. The van der Waals surface area contributed by atoms with Crippen molar-refractivity contribution in [1.29, 1.82) is 0 Å². The van der Waals surface area contributed by atoms with E-state index in [4.69, 9.17) is 19.7 Å². The first-order valence-electron chi connectivity index (χ1n) is 8.42. The highest BCUT2D eigenvalue weighted by atomic mass is 16.5. The number of rotatable bonds is 6. The van der Waals surface area contributed by atoms with Crippen LogP contribution in [0.3, 0.4) is 0 Å². The maximum absolute atomic E-state index is 9.57. The highest BCUT2D eigenvalue weighted by Gasteiger charge is 2.44. The average Bonchev–Trinajstić information content (AvgIpc) is 2.54. The Labute approximate surface area is 145 Å². The van der Waals surface area contributed by atoms with Gasteiger partial charge in [0.2, 0.25) is 0 Å². The highest BCUT2D eigenvalue weighted by Crippen LogP contribution is 2.25. The molecule has 1 heterocycles. The first kappa shape index (κ1) is 25.7. The lowest BCUT2D eigenvalue weighted by atomic mass is 9.90. The lowest BCUT2D eigenvalue weighted by molar-refractivity contribution is -0.238. The van der Waals surface area contributed by atoms with Gasteiger partial charge in [-0.05, 0) is 5.92 Å². The molecule has 1 saturated heterocycles. The molecule has 0 saturated carbocycles. The van der Waals surface area contributed by atoms with Gasteiger partial charge in [-0.15, -0.1) is 6.58 Å². The normalized spacial score (nSPS) is 29.2. The van der Waals surface area contributed by atoms with Crippen molar-refractivity contribution in [3.8, 4) is 0 Å². The van der Waals surface area contributed by atoms with Gasteiger partial charge < -0.3 is 35.0 Å². The van der Waals surface area contributed by atoms with Crippen LogP contribution in [0.25, 0.3) is 0 Å². The standard InChI is InChI=1S/C9H18O5.C5H10O2.C3H8/c1-4(2)9-8(13)7(12)6(11)5(3-10)14-9;1-2-4-7-5-3-6;1-3-2/h4-13H,3H2,1-2H3;2,6H,1,3-5H2;3H2,1-2H3. The van der Waals surface area contributed by atoms with Crippen LogP contribution in [-0.2, 0) is 9.47 Å². The van der Waals surface area contributed by atoms with E-state index in [1.54, 1.807) is 6.08 Å². The summed E-state index contributed by atoms with van der Waals surface area (Å²) < 4.78 is 10.0. The molecule has 7 nitrogen and oxygen atoms in total. The molecule has 0 radical (unpaired) electrons. The van der Waals surface area contributed by atoms with Crippen molar-refractivity contribution in [2.24, 2.45) is 5.92 Å². The third kappa shape index (κ3) is 10.4. The number of aliphatic hydroxyl groups excluding tert-OH is 5. The Morgan fingerprint density at radius 3 is 2.00 bits per heavy atom. The van der Waals surface area contributed by atoms with Crippen LogP contribution < -0.4 is 0 Å². The van der Waals surface area contributed by atoms with Crippen LogP contribution in [0.2, 0.25) is 0 Å². The number of ether oxygens (including phenoxy) is 2. The van der Waals surface area contributed by atoms with Gasteiger partial charge in [-0.25, -0.2) is 0 Å². The molecule has 1 rings (SSSR count). The van der Waals surface area contributed by atoms with Crippen molar-refractivity contribution < 1.29 is 35.0 Å². The molecule has 0 amide bonds. The van der Waals surface area contributed by atoms with Gasteiger partial charge in [0.15, 0.2) is 0 Å². The second-order valence-corrected chi connectivity index (χ2v) is 5.83. The Morgan fingerprint density at radius 2 is 1.62 bits per heavy atom. The van der Waals surface area contributed by atoms with E-state index in [1.165, 1.54) is 6.42 Å². The third-order valence-electron chi connectivity index (χ3n) is 3.06. The van der Waals surface area contributed by atoms with E-state index in [2.05, 4.69) is 20.4 Å². The molecule has 1 aliphatic rings. The summed E-state index contributed by atoms with van der Waals surface area (Å²) in [5.74, 6) is 0.0150. The molecule has 146 valence electrons. The molecule has 0 aromatic heterocycles. The second kappa shape index (κ2) is 16.0. The van der Waals surface area contributed by atoms with Gasteiger partial charge in [0, 0.05) is 0 Å². The molecule has 0 bridgehead atoms. The van der Waals surface area contributed by atoms with Crippen molar-refractivity contribution in [2.45, 2.75) is 64.6 Å². The molecule has 5 atom stereocenters. The summed E-state index contributed by atoms with van der Waals surface area (Å²) in [5, 5.41) is 45.5. The Hall–Kier alpha value is -0.540. The van der Waals surface area contributed by atoms with Gasteiger partial charge in [0.05, 0.1) is 32.5 Å². The summed E-state index contributed by atoms with van der Waals surface area (Å²) in [6.45, 7) is 12.0. The van der Waals surface area contributed by atoms with Crippen molar-refractivity contribution in [1.82, 2.24) is 0 Å². The maximum Gasteiger partial charge on any atom is 0.111 e. The van der Waals surface area contributed by atoms with E-state index in [-0.39, 0.29) is 19.1 Å². The maximum atomic E-state index is 9.57. The quantitative estimate of drug-likeness (QED) is 0.339. The van der Waals surface area contributed by atoms with Gasteiger partial charge >= 0.3 is 0 Å². The average molecular weight is 352 g/mol. The fourth-order valence-corrected chi connectivity index (χ4v) is 1.91. The molecule has 1 aliphatic heterocycles. The monoisotopic (exact) mass is 352 g/mol. The zero-order valence-electron chi connectivity index (χ0n) is 15.3. The lowest BCUT2D eigenvalue weighted by Crippen LogP contribution is -2.59. The van der Waals surface area contributed by atoms with E-state index in [0.717, 1.165) is 0 Å². The minimum Gasteiger partial charge on any atom is -0.394 e. The lowest BCUT2D eigenvalue weighted by Gasteiger charge is -2.41. The Balaban J connectivity index is 0. The Kier molecular flexibility index (Phi) is 17.1. The van der Waals surface area contributed by atoms with E-state index in [0.29, 0.717) is 13.2 Å². The first-order valence-corrected chi connectivity index (χ1v) is 8.42. The summed E-state index contributed by atoms with van der Waals surface area (Å²) >= 11 is 0. The van der Waals surface area contributed by atoms with Gasteiger partial charge in [-0.3, -0.25) is 0 Å². The van der Waals surface area contributed by atoms with Crippen LogP contribution in [0.5, 0.6) is 0 Å². The van der Waals surface area contributed by atoms with Crippen LogP contribution in [0.4, 0.5) is 0 Å². The molecule has 5 unspecified atom stereocenters. The molecule has 1 fully saturated rings. The summed E-state index contributed by atoms with van der Waals surface area (Å²) in [6, 6.07) is 0. The zero-order chi connectivity index (χ0) is 19.1. The highest BCUT2D eigenvalue weighted by molar-refractivity contribution is 4.92. The topological polar surface area (TPSA) is 120 Å². The SMILES string of the molecule is C=CCOCCO.CC(C)C1OC(CO)C(O)C(O)C1O.CCC. The summed E-state index contributed by atoms with van der Waals surface area (Å²) in [6.07, 6.45) is -2.06. The van der Waals surface area contributed by atoms with E-state index >= 15 is 0 Å². The van der Waals surface area contributed by atoms with Crippen molar-refractivity contribution >= 4 is 0 Å². The molecular formula is C17H36O7. The van der Waals surface area contributed by atoms with E-state index in [1.807, 2.05) is 13.8 Å². The van der Waals surface area contributed by atoms with Gasteiger partial charge in [0.25, 0.3) is 0 Å².